The summed E-state index contributed by atoms with van der Waals surface area (Å²) in [5.41, 5.74) is 3.56. The number of likely N-dealkylation sites (tertiary alicyclic amines) is 1. The van der Waals surface area contributed by atoms with Gasteiger partial charge in [-0.25, -0.2) is 9.97 Å². The van der Waals surface area contributed by atoms with Crippen LogP contribution in [0, 0.1) is 6.92 Å². The lowest BCUT2D eigenvalue weighted by Crippen LogP contribution is -2.38. The Labute approximate surface area is 146 Å². The molecule has 0 saturated carbocycles. The number of pyridine rings is 3. The van der Waals surface area contributed by atoms with E-state index in [2.05, 4.69) is 22.1 Å². The van der Waals surface area contributed by atoms with E-state index in [4.69, 9.17) is 4.98 Å². The van der Waals surface area contributed by atoms with Gasteiger partial charge in [0.05, 0.1) is 5.56 Å². The maximum atomic E-state index is 12.6. The summed E-state index contributed by atoms with van der Waals surface area (Å²) >= 11 is 0. The molecule has 5 nitrogen and oxygen atoms in total. The molecular weight excluding hydrogens is 312 g/mol. The summed E-state index contributed by atoms with van der Waals surface area (Å²) in [5, 5.41) is 1.06. The van der Waals surface area contributed by atoms with Gasteiger partial charge in [0.15, 0.2) is 5.65 Å². The van der Waals surface area contributed by atoms with E-state index in [0.29, 0.717) is 11.5 Å². The van der Waals surface area contributed by atoms with Crippen LogP contribution in [0.5, 0.6) is 0 Å². The van der Waals surface area contributed by atoms with Gasteiger partial charge in [-0.3, -0.25) is 9.78 Å². The minimum Gasteiger partial charge on any atom is -0.339 e. The number of aryl methyl sites for hydroxylation is 1. The Morgan fingerprint density at radius 1 is 1.16 bits per heavy atom. The molecule has 3 aromatic heterocycles. The van der Waals surface area contributed by atoms with E-state index in [1.54, 1.807) is 18.6 Å². The maximum Gasteiger partial charge on any atom is 0.255 e. The van der Waals surface area contributed by atoms with Crippen LogP contribution in [0.15, 0.2) is 48.9 Å². The summed E-state index contributed by atoms with van der Waals surface area (Å²) in [7, 11) is 0. The van der Waals surface area contributed by atoms with Gasteiger partial charge in [0.2, 0.25) is 0 Å². The monoisotopic (exact) mass is 332 g/mol. The van der Waals surface area contributed by atoms with E-state index in [-0.39, 0.29) is 5.91 Å². The lowest BCUT2D eigenvalue weighted by atomic mass is 9.92. The molecule has 1 fully saturated rings. The first-order chi connectivity index (χ1) is 12.2. The number of fused-ring (bicyclic) bond motifs is 1. The van der Waals surface area contributed by atoms with Crippen LogP contribution >= 0.6 is 0 Å². The zero-order valence-corrected chi connectivity index (χ0v) is 14.2. The predicted molar refractivity (Wildman–Crippen MR) is 96.4 cm³/mol. The normalized spacial score (nSPS) is 15.5. The molecule has 0 atom stereocenters. The van der Waals surface area contributed by atoms with Gasteiger partial charge in [0, 0.05) is 48.7 Å². The number of aromatic nitrogens is 3. The maximum absolute atomic E-state index is 12.6. The van der Waals surface area contributed by atoms with E-state index in [0.717, 1.165) is 48.2 Å². The van der Waals surface area contributed by atoms with Crippen LogP contribution in [-0.4, -0.2) is 38.8 Å². The molecule has 25 heavy (non-hydrogen) atoms. The van der Waals surface area contributed by atoms with Crippen molar-refractivity contribution in [2.45, 2.75) is 25.7 Å². The van der Waals surface area contributed by atoms with Crippen molar-refractivity contribution < 1.29 is 4.79 Å². The first-order valence-corrected chi connectivity index (χ1v) is 8.63. The third-order valence-corrected chi connectivity index (χ3v) is 4.81. The molecular formula is C20H20N4O. The van der Waals surface area contributed by atoms with Crippen molar-refractivity contribution in [1.82, 2.24) is 19.9 Å². The van der Waals surface area contributed by atoms with Gasteiger partial charge in [0.25, 0.3) is 5.91 Å². The minimum absolute atomic E-state index is 0.0720. The van der Waals surface area contributed by atoms with Crippen molar-refractivity contribution in [3.8, 4) is 0 Å². The average Bonchev–Trinajstić information content (AvgIpc) is 2.67. The first kappa shape index (κ1) is 15.7. The van der Waals surface area contributed by atoms with Crippen molar-refractivity contribution in [2.75, 3.05) is 13.1 Å². The number of hydrogen-bond donors (Lipinski definition) is 0. The summed E-state index contributed by atoms with van der Waals surface area (Å²) in [6, 6.07) is 10.0. The van der Waals surface area contributed by atoms with Gasteiger partial charge >= 0.3 is 0 Å². The summed E-state index contributed by atoms with van der Waals surface area (Å²) in [5.74, 6) is 0.453. The molecule has 0 aromatic carbocycles. The lowest BCUT2D eigenvalue weighted by molar-refractivity contribution is 0.0711. The standard InChI is InChI=1S/C20H20N4O/c1-14-11-17(13-21-12-14)20(25)24-9-6-15(7-10-24)18-5-4-16-3-2-8-22-19(16)23-18/h2-5,8,11-13,15H,6-7,9-10H2,1H3. The number of hydrogen-bond acceptors (Lipinski definition) is 4. The van der Waals surface area contributed by atoms with Gasteiger partial charge in [-0.2, -0.15) is 0 Å². The van der Waals surface area contributed by atoms with Crippen LogP contribution in [0.25, 0.3) is 11.0 Å². The third kappa shape index (κ3) is 3.22. The Morgan fingerprint density at radius 3 is 2.80 bits per heavy atom. The van der Waals surface area contributed by atoms with Crippen LogP contribution in [0.1, 0.15) is 40.4 Å². The van der Waals surface area contributed by atoms with Crippen LogP contribution < -0.4 is 0 Å². The molecule has 0 bridgehead atoms. The van der Waals surface area contributed by atoms with E-state index in [1.165, 1.54) is 0 Å². The van der Waals surface area contributed by atoms with E-state index < -0.39 is 0 Å². The number of amides is 1. The van der Waals surface area contributed by atoms with Gasteiger partial charge in [-0.1, -0.05) is 0 Å². The van der Waals surface area contributed by atoms with Crippen molar-refractivity contribution in [3.05, 3.63) is 65.7 Å². The molecule has 0 aliphatic carbocycles. The zero-order chi connectivity index (χ0) is 17.2. The van der Waals surface area contributed by atoms with E-state index >= 15 is 0 Å². The summed E-state index contributed by atoms with van der Waals surface area (Å²) < 4.78 is 0. The Balaban J connectivity index is 1.46. The Bertz CT molecular complexity index is 916. The third-order valence-electron chi connectivity index (χ3n) is 4.81. The van der Waals surface area contributed by atoms with Crippen molar-refractivity contribution >= 4 is 16.9 Å². The molecule has 1 amide bonds. The largest absolute Gasteiger partial charge is 0.339 e. The Morgan fingerprint density at radius 2 is 2.00 bits per heavy atom. The number of piperidine rings is 1. The molecule has 126 valence electrons. The van der Waals surface area contributed by atoms with Gasteiger partial charge < -0.3 is 4.90 Å². The van der Waals surface area contributed by atoms with Gasteiger partial charge in [0.1, 0.15) is 0 Å². The van der Waals surface area contributed by atoms with E-state index in [1.807, 2.05) is 30.0 Å². The smallest absolute Gasteiger partial charge is 0.255 e. The molecule has 1 saturated heterocycles. The minimum atomic E-state index is 0.0720. The molecule has 4 rings (SSSR count). The molecule has 0 N–H and O–H groups in total. The highest BCUT2D eigenvalue weighted by Gasteiger charge is 2.25. The van der Waals surface area contributed by atoms with Gasteiger partial charge in [-0.15, -0.1) is 0 Å². The second-order valence-corrected chi connectivity index (χ2v) is 6.60. The molecule has 4 heterocycles. The van der Waals surface area contributed by atoms with Crippen molar-refractivity contribution in [3.63, 3.8) is 0 Å². The highest BCUT2D eigenvalue weighted by Crippen LogP contribution is 2.28. The SMILES string of the molecule is Cc1cncc(C(=O)N2CCC(c3ccc4cccnc4n3)CC2)c1. The fraction of sp³-hybridized carbons (Fsp3) is 0.300. The fourth-order valence-corrected chi connectivity index (χ4v) is 3.43. The van der Waals surface area contributed by atoms with E-state index in [9.17, 15) is 4.79 Å². The number of nitrogens with zero attached hydrogens (tertiary/aromatic N) is 4. The lowest BCUT2D eigenvalue weighted by Gasteiger charge is -2.31. The Hall–Kier alpha value is -2.82. The van der Waals surface area contributed by atoms with Gasteiger partial charge in [-0.05, 0) is 55.7 Å². The molecule has 0 unspecified atom stereocenters. The molecule has 1 aliphatic rings. The quantitative estimate of drug-likeness (QED) is 0.722. The summed E-state index contributed by atoms with van der Waals surface area (Å²) in [6.45, 7) is 3.45. The molecule has 3 aromatic rings. The number of carbonyl (C=O) groups excluding carboxylic acids is 1. The topological polar surface area (TPSA) is 59.0 Å². The second-order valence-electron chi connectivity index (χ2n) is 6.60. The van der Waals surface area contributed by atoms with Crippen LogP contribution in [-0.2, 0) is 0 Å². The molecule has 0 spiro atoms. The number of carbonyl (C=O) groups is 1. The van der Waals surface area contributed by atoms with Crippen LogP contribution in [0.2, 0.25) is 0 Å². The Kier molecular flexibility index (Phi) is 4.14. The highest BCUT2D eigenvalue weighted by molar-refractivity contribution is 5.94. The number of rotatable bonds is 2. The van der Waals surface area contributed by atoms with Crippen molar-refractivity contribution in [1.29, 1.82) is 0 Å². The first-order valence-electron chi connectivity index (χ1n) is 8.63. The second kappa shape index (κ2) is 6.59. The average molecular weight is 332 g/mol. The predicted octanol–water partition coefficient (Wildman–Crippen LogP) is 3.35. The summed E-state index contributed by atoms with van der Waals surface area (Å²) in [6.07, 6.45) is 7.04. The summed E-state index contributed by atoms with van der Waals surface area (Å²) in [4.78, 5) is 27.7. The molecule has 1 aliphatic heterocycles. The van der Waals surface area contributed by atoms with Crippen LogP contribution in [0.3, 0.4) is 0 Å². The van der Waals surface area contributed by atoms with Crippen molar-refractivity contribution in [2.24, 2.45) is 0 Å². The highest BCUT2D eigenvalue weighted by atomic mass is 16.2. The zero-order valence-electron chi connectivity index (χ0n) is 14.2. The fourth-order valence-electron chi connectivity index (χ4n) is 3.43. The molecule has 0 radical (unpaired) electrons. The van der Waals surface area contributed by atoms with Crippen LogP contribution in [0.4, 0.5) is 0 Å². The molecule has 5 heteroatoms.